The lowest BCUT2D eigenvalue weighted by molar-refractivity contribution is 0.0697. The summed E-state index contributed by atoms with van der Waals surface area (Å²) in [5.74, 6) is -1.12. The van der Waals surface area contributed by atoms with E-state index in [4.69, 9.17) is 5.11 Å². The zero-order valence-electron chi connectivity index (χ0n) is 10.3. The number of benzene rings is 1. The first kappa shape index (κ1) is 13.8. The Labute approximate surface area is 119 Å². The molecule has 1 amide bonds. The highest BCUT2D eigenvalue weighted by atomic mass is 79.9. The Kier molecular flexibility index (Phi) is 4.37. The van der Waals surface area contributed by atoms with E-state index in [-0.39, 0.29) is 11.5 Å². The molecule has 0 saturated carbocycles. The van der Waals surface area contributed by atoms with Crippen molar-refractivity contribution in [2.75, 3.05) is 13.1 Å². The van der Waals surface area contributed by atoms with Crippen LogP contribution in [-0.2, 0) is 0 Å². The molecule has 0 unspecified atom stereocenters. The first-order valence-corrected chi connectivity index (χ1v) is 6.94. The van der Waals surface area contributed by atoms with Gasteiger partial charge in [-0.3, -0.25) is 4.79 Å². The van der Waals surface area contributed by atoms with Crippen molar-refractivity contribution < 1.29 is 14.7 Å². The highest BCUT2D eigenvalue weighted by Gasteiger charge is 2.20. The number of carboxylic acids is 1. The number of halogens is 1. The number of hydrogen-bond acceptors (Lipinski definition) is 2. The summed E-state index contributed by atoms with van der Waals surface area (Å²) in [5.41, 5.74) is 1.87. The number of piperidine rings is 1. The molecule has 1 N–H and O–H groups in total. The van der Waals surface area contributed by atoms with Crippen LogP contribution in [0.25, 0.3) is 0 Å². The third-order valence-electron chi connectivity index (χ3n) is 3.20. The van der Waals surface area contributed by atoms with E-state index < -0.39 is 5.97 Å². The monoisotopic (exact) mass is 323 g/mol. The second-order valence-electron chi connectivity index (χ2n) is 4.45. The smallest absolute Gasteiger partial charge is 0.335 e. The topological polar surface area (TPSA) is 57.6 Å². The summed E-state index contributed by atoms with van der Waals surface area (Å²) in [4.78, 5) is 26.8. The Balaban J connectivity index is 2.12. The quantitative estimate of drug-likeness (QED) is 0.910. The number of carbonyl (C=O) groups is 2. The van der Waals surface area contributed by atoms with Crippen LogP contribution in [-0.4, -0.2) is 35.0 Å². The van der Waals surface area contributed by atoms with Crippen LogP contribution in [0.1, 0.15) is 33.6 Å². The van der Waals surface area contributed by atoms with Crippen molar-refractivity contribution in [3.8, 4) is 0 Å². The summed E-state index contributed by atoms with van der Waals surface area (Å²) in [5, 5.41) is 8.93. The van der Waals surface area contributed by atoms with Gasteiger partial charge in [0.05, 0.1) is 5.56 Å². The van der Waals surface area contributed by atoms with Gasteiger partial charge in [-0.1, -0.05) is 27.6 Å². The van der Waals surface area contributed by atoms with Crippen molar-refractivity contribution >= 4 is 27.8 Å². The number of aromatic carboxylic acids is 1. The molecular weight excluding hydrogens is 310 g/mol. The van der Waals surface area contributed by atoms with E-state index in [1.807, 2.05) is 4.99 Å². The molecule has 1 aliphatic rings. The first-order valence-electron chi connectivity index (χ1n) is 6.02. The Morgan fingerprint density at radius 3 is 2.42 bits per heavy atom. The van der Waals surface area contributed by atoms with Gasteiger partial charge in [-0.15, -0.1) is 0 Å². The van der Waals surface area contributed by atoms with Gasteiger partial charge in [0.15, 0.2) is 0 Å². The number of rotatable bonds is 2. The van der Waals surface area contributed by atoms with Gasteiger partial charge >= 0.3 is 5.97 Å². The number of amides is 1. The van der Waals surface area contributed by atoms with Crippen molar-refractivity contribution in [1.29, 1.82) is 0 Å². The van der Waals surface area contributed by atoms with Gasteiger partial charge in [0.2, 0.25) is 0 Å². The standard InChI is InChI=1S/C14H14BrNO3/c15-9-10-4-6-16(7-5-10)13(17)11-2-1-3-12(8-11)14(18)19/h1-3,8-9H,4-7H2,(H,18,19). The van der Waals surface area contributed by atoms with Crippen LogP contribution in [0, 0.1) is 0 Å². The molecule has 5 heteroatoms. The molecule has 0 radical (unpaired) electrons. The average molecular weight is 324 g/mol. The van der Waals surface area contributed by atoms with Gasteiger partial charge in [0, 0.05) is 18.7 Å². The molecule has 1 saturated heterocycles. The number of hydrogen-bond donors (Lipinski definition) is 1. The molecule has 0 bridgehead atoms. The molecule has 1 fully saturated rings. The van der Waals surface area contributed by atoms with Crippen molar-refractivity contribution in [2.45, 2.75) is 12.8 Å². The maximum absolute atomic E-state index is 12.3. The van der Waals surface area contributed by atoms with Crippen LogP contribution in [0.2, 0.25) is 0 Å². The van der Waals surface area contributed by atoms with Crippen molar-refractivity contribution in [3.05, 3.63) is 46.0 Å². The lowest BCUT2D eigenvalue weighted by Gasteiger charge is -2.28. The van der Waals surface area contributed by atoms with Crippen molar-refractivity contribution in [3.63, 3.8) is 0 Å². The predicted octanol–water partition coefficient (Wildman–Crippen LogP) is 2.90. The minimum absolute atomic E-state index is 0.100. The maximum atomic E-state index is 12.3. The van der Waals surface area contributed by atoms with Crippen LogP contribution in [0.15, 0.2) is 34.8 Å². The molecule has 0 aliphatic carbocycles. The lowest BCUT2D eigenvalue weighted by atomic mass is 10.0. The minimum atomic E-state index is -1.02. The van der Waals surface area contributed by atoms with Gasteiger partial charge in [0.25, 0.3) is 5.91 Å². The Bertz CT molecular complexity index is 529. The Morgan fingerprint density at radius 1 is 1.21 bits per heavy atom. The Hall–Kier alpha value is -1.62. The summed E-state index contributed by atoms with van der Waals surface area (Å²) in [6.07, 6.45) is 1.71. The zero-order valence-corrected chi connectivity index (χ0v) is 11.9. The molecule has 1 heterocycles. The van der Waals surface area contributed by atoms with Gasteiger partial charge in [-0.25, -0.2) is 4.79 Å². The molecule has 4 nitrogen and oxygen atoms in total. The van der Waals surface area contributed by atoms with Crippen molar-refractivity contribution in [1.82, 2.24) is 4.90 Å². The van der Waals surface area contributed by atoms with Crippen LogP contribution < -0.4 is 0 Å². The van der Waals surface area contributed by atoms with E-state index in [9.17, 15) is 9.59 Å². The molecule has 1 aromatic carbocycles. The molecule has 0 aromatic heterocycles. The fourth-order valence-electron chi connectivity index (χ4n) is 2.07. The third-order valence-corrected chi connectivity index (χ3v) is 3.85. The Morgan fingerprint density at radius 2 is 1.84 bits per heavy atom. The average Bonchev–Trinajstić information content (AvgIpc) is 2.46. The maximum Gasteiger partial charge on any atom is 0.335 e. The first-order chi connectivity index (χ1) is 9.11. The van der Waals surface area contributed by atoms with Gasteiger partial charge in [-0.2, -0.15) is 0 Å². The number of nitrogens with zero attached hydrogens (tertiary/aromatic N) is 1. The molecule has 0 atom stereocenters. The SMILES string of the molecule is O=C(O)c1cccc(C(=O)N2CCC(=CBr)CC2)c1. The normalized spacial score (nSPS) is 15.2. The predicted molar refractivity (Wildman–Crippen MR) is 75.5 cm³/mol. The number of carbonyl (C=O) groups excluding carboxylic acids is 1. The van der Waals surface area contributed by atoms with E-state index in [0.717, 1.165) is 12.8 Å². The molecular formula is C14H14BrNO3. The van der Waals surface area contributed by atoms with Crippen LogP contribution >= 0.6 is 15.9 Å². The fraction of sp³-hybridized carbons (Fsp3) is 0.286. The van der Waals surface area contributed by atoms with E-state index in [1.54, 1.807) is 17.0 Å². The second-order valence-corrected chi connectivity index (χ2v) is 4.90. The summed E-state index contributed by atoms with van der Waals surface area (Å²) in [7, 11) is 0. The lowest BCUT2D eigenvalue weighted by Crippen LogP contribution is -2.36. The largest absolute Gasteiger partial charge is 0.478 e. The third kappa shape index (κ3) is 3.23. The molecule has 1 aliphatic heterocycles. The molecule has 2 rings (SSSR count). The molecule has 100 valence electrons. The van der Waals surface area contributed by atoms with Gasteiger partial charge in [-0.05, 0) is 36.0 Å². The van der Waals surface area contributed by atoms with Crippen LogP contribution in [0.4, 0.5) is 0 Å². The van der Waals surface area contributed by atoms with Gasteiger partial charge in [0.1, 0.15) is 0 Å². The second kappa shape index (κ2) is 6.02. The number of likely N-dealkylation sites (tertiary alicyclic amines) is 1. The summed E-state index contributed by atoms with van der Waals surface area (Å²) >= 11 is 3.31. The van der Waals surface area contributed by atoms with Crippen molar-refractivity contribution in [2.24, 2.45) is 0 Å². The minimum Gasteiger partial charge on any atom is -0.478 e. The van der Waals surface area contributed by atoms with E-state index >= 15 is 0 Å². The van der Waals surface area contributed by atoms with E-state index in [0.29, 0.717) is 18.7 Å². The highest BCUT2D eigenvalue weighted by Crippen LogP contribution is 2.19. The summed E-state index contributed by atoms with van der Waals surface area (Å²) in [6.45, 7) is 1.35. The van der Waals surface area contributed by atoms with Crippen LogP contribution in [0.5, 0.6) is 0 Å². The summed E-state index contributed by atoms with van der Waals surface area (Å²) in [6, 6.07) is 6.18. The molecule has 19 heavy (non-hydrogen) atoms. The van der Waals surface area contributed by atoms with E-state index in [1.165, 1.54) is 17.7 Å². The fourth-order valence-corrected chi connectivity index (χ4v) is 2.53. The molecule has 1 aromatic rings. The van der Waals surface area contributed by atoms with E-state index in [2.05, 4.69) is 15.9 Å². The zero-order chi connectivity index (χ0) is 13.8. The number of carboxylic acid groups (broad SMARTS) is 1. The summed E-state index contributed by atoms with van der Waals surface area (Å²) < 4.78 is 0. The highest BCUT2D eigenvalue weighted by molar-refractivity contribution is 9.11. The van der Waals surface area contributed by atoms with Crippen LogP contribution in [0.3, 0.4) is 0 Å². The van der Waals surface area contributed by atoms with Gasteiger partial charge < -0.3 is 10.0 Å². The molecule has 0 spiro atoms.